The van der Waals surface area contributed by atoms with Crippen LogP contribution in [0.3, 0.4) is 0 Å². The molecule has 2 bridgehead atoms. The van der Waals surface area contributed by atoms with Crippen LogP contribution in [-0.4, -0.2) is 15.5 Å². The zero-order valence-corrected chi connectivity index (χ0v) is 12.2. The van der Waals surface area contributed by atoms with Crippen LogP contribution in [0.15, 0.2) is 0 Å². The van der Waals surface area contributed by atoms with Crippen molar-refractivity contribution in [3.63, 3.8) is 0 Å². The van der Waals surface area contributed by atoms with Gasteiger partial charge in [-0.1, -0.05) is 20.8 Å². The number of hydrogen-bond donors (Lipinski definition) is 2. The fourth-order valence-electron chi connectivity index (χ4n) is 4.06. The van der Waals surface area contributed by atoms with E-state index in [1.54, 1.807) is 0 Å². The van der Waals surface area contributed by atoms with Gasteiger partial charge < -0.3 is 10.7 Å². The molecule has 3 N–H and O–H groups in total. The largest absolute Gasteiger partial charge is 0.345 e. The quantitative estimate of drug-likeness (QED) is 0.844. The minimum atomic E-state index is -0.193. The molecule has 2 aliphatic rings. The zero-order valence-electron chi connectivity index (χ0n) is 12.2. The van der Waals surface area contributed by atoms with E-state index >= 15 is 0 Å². The normalized spacial score (nSPS) is 32.9. The van der Waals surface area contributed by atoms with E-state index in [0.717, 1.165) is 12.2 Å². The first-order valence-corrected chi connectivity index (χ1v) is 7.03. The van der Waals surface area contributed by atoms with Gasteiger partial charge in [0.15, 0.2) is 0 Å². The van der Waals surface area contributed by atoms with Gasteiger partial charge in [0.05, 0.1) is 5.69 Å². The number of aromatic nitrogens is 2. The maximum absolute atomic E-state index is 6.10. The molecule has 1 heterocycles. The van der Waals surface area contributed by atoms with Crippen molar-refractivity contribution in [2.24, 2.45) is 11.1 Å². The predicted molar refractivity (Wildman–Crippen MR) is 73.7 cm³/mol. The lowest BCUT2D eigenvalue weighted by atomic mass is 9.70. The van der Waals surface area contributed by atoms with E-state index in [-0.39, 0.29) is 11.0 Å². The molecule has 1 aromatic rings. The zero-order chi connectivity index (χ0) is 13.3. The molecule has 1 saturated carbocycles. The van der Waals surface area contributed by atoms with E-state index in [0.29, 0.717) is 11.3 Å². The van der Waals surface area contributed by atoms with E-state index in [2.05, 4.69) is 39.6 Å². The Morgan fingerprint density at radius 1 is 1.39 bits per heavy atom. The maximum atomic E-state index is 6.10. The summed E-state index contributed by atoms with van der Waals surface area (Å²) in [6.07, 6.45) is 3.39. The van der Waals surface area contributed by atoms with Crippen LogP contribution in [-0.2, 0) is 11.8 Å². The topological polar surface area (TPSA) is 54.7 Å². The van der Waals surface area contributed by atoms with E-state index < -0.39 is 0 Å². The molecule has 0 spiro atoms. The highest BCUT2D eigenvalue weighted by Crippen LogP contribution is 2.66. The van der Waals surface area contributed by atoms with Gasteiger partial charge >= 0.3 is 0 Å². The highest BCUT2D eigenvalue weighted by Gasteiger charge is 2.61. The van der Waals surface area contributed by atoms with Gasteiger partial charge in [-0.15, -0.1) is 0 Å². The molecule has 3 nitrogen and oxygen atoms in total. The van der Waals surface area contributed by atoms with Crippen molar-refractivity contribution in [2.45, 2.75) is 70.8 Å². The predicted octanol–water partition coefficient (Wildman–Crippen LogP) is 2.86. The van der Waals surface area contributed by atoms with Crippen molar-refractivity contribution in [2.75, 3.05) is 0 Å². The Kier molecular flexibility index (Phi) is 2.16. The Bertz CT molecular complexity index is 492. The summed E-state index contributed by atoms with van der Waals surface area (Å²) < 4.78 is 0. The van der Waals surface area contributed by atoms with Gasteiger partial charge in [0.2, 0.25) is 0 Å². The summed E-state index contributed by atoms with van der Waals surface area (Å²) in [5, 5.41) is 0. The number of rotatable bonds is 2. The first kappa shape index (κ1) is 12.2. The molecule has 3 heteroatoms. The molecule has 2 atom stereocenters. The minimum Gasteiger partial charge on any atom is -0.345 e. The first-order valence-electron chi connectivity index (χ1n) is 7.03. The van der Waals surface area contributed by atoms with Gasteiger partial charge in [0.25, 0.3) is 0 Å². The molecular weight excluding hydrogens is 222 g/mol. The van der Waals surface area contributed by atoms with E-state index in [9.17, 15) is 0 Å². The standard InChI is InChI=1S/C15H25N3/c1-13(2,16)8-10-17-11-9-6-7-15(5,12(11)18-10)14(9,3)4/h9H,6-8,16H2,1-5H3,(H,17,18). The van der Waals surface area contributed by atoms with Crippen LogP contribution in [0.5, 0.6) is 0 Å². The number of hydrogen-bond acceptors (Lipinski definition) is 2. The summed E-state index contributed by atoms with van der Waals surface area (Å²) in [5.74, 6) is 1.72. The van der Waals surface area contributed by atoms with Gasteiger partial charge in [-0.2, -0.15) is 0 Å². The molecule has 1 fully saturated rings. The molecule has 3 rings (SSSR count). The van der Waals surface area contributed by atoms with E-state index in [1.165, 1.54) is 24.2 Å². The van der Waals surface area contributed by atoms with Crippen LogP contribution in [0.4, 0.5) is 0 Å². The number of H-pyrrole nitrogens is 1. The maximum Gasteiger partial charge on any atom is 0.108 e. The smallest absolute Gasteiger partial charge is 0.108 e. The van der Waals surface area contributed by atoms with Gasteiger partial charge in [0, 0.05) is 29.0 Å². The number of fused-ring (bicyclic) bond motifs is 5. The highest BCUT2D eigenvalue weighted by molar-refractivity contribution is 5.42. The van der Waals surface area contributed by atoms with Crippen LogP contribution in [0.1, 0.15) is 70.6 Å². The molecule has 0 amide bonds. The summed E-state index contributed by atoms with van der Waals surface area (Å²) in [6.45, 7) is 11.3. The summed E-state index contributed by atoms with van der Waals surface area (Å²) >= 11 is 0. The van der Waals surface area contributed by atoms with Crippen LogP contribution in [0.25, 0.3) is 0 Å². The Labute approximate surface area is 110 Å². The Hall–Kier alpha value is -0.830. The van der Waals surface area contributed by atoms with Gasteiger partial charge in [0.1, 0.15) is 5.82 Å². The van der Waals surface area contributed by atoms with E-state index in [1.807, 2.05) is 0 Å². The van der Waals surface area contributed by atoms with Crippen molar-refractivity contribution < 1.29 is 0 Å². The molecular formula is C15H25N3. The number of aromatic amines is 1. The molecule has 2 unspecified atom stereocenters. The highest BCUT2D eigenvalue weighted by atomic mass is 15.0. The van der Waals surface area contributed by atoms with Crippen LogP contribution in [0, 0.1) is 5.41 Å². The second-order valence-corrected chi connectivity index (χ2v) is 7.76. The lowest BCUT2D eigenvalue weighted by Gasteiger charge is -2.34. The van der Waals surface area contributed by atoms with Gasteiger partial charge in [-0.05, 0) is 32.1 Å². The van der Waals surface area contributed by atoms with Crippen molar-refractivity contribution in [3.05, 3.63) is 17.2 Å². The fourth-order valence-corrected chi connectivity index (χ4v) is 4.06. The molecule has 0 saturated heterocycles. The average molecular weight is 247 g/mol. The molecule has 18 heavy (non-hydrogen) atoms. The van der Waals surface area contributed by atoms with Crippen LogP contribution < -0.4 is 5.73 Å². The second-order valence-electron chi connectivity index (χ2n) is 7.76. The number of nitrogens with zero attached hydrogens (tertiary/aromatic N) is 1. The number of imidazole rings is 1. The Morgan fingerprint density at radius 2 is 2.06 bits per heavy atom. The average Bonchev–Trinajstić information content (AvgIpc) is 2.71. The Balaban J connectivity index is 2.02. The van der Waals surface area contributed by atoms with E-state index in [4.69, 9.17) is 10.7 Å². The fraction of sp³-hybridized carbons (Fsp3) is 0.800. The third-order valence-corrected chi connectivity index (χ3v) is 5.50. The van der Waals surface area contributed by atoms with Gasteiger partial charge in [-0.25, -0.2) is 4.98 Å². The summed E-state index contributed by atoms with van der Waals surface area (Å²) in [5.41, 5.74) is 9.22. The van der Waals surface area contributed by atoms with Crippen LogP contribution in [0.2, 0.25) is 0 Å². The molecule has 100 valence electrons. The number of nitrogens with two attached hydrogens (primary N) is 1. The van der Waals surface area contributed by atoms with Crippen molar-refractivity contribution in [1.82, 2.24) is 9.97 Å². The SMILES string of the molecule is CC(C)(N)Cc1nc2c([nH]1)C1CCC2(C)C1(C)C. The van der Waals surface area contributed by atoms with Crippen molar-refractivity contribution in [1.29, 1.82) is 0 Å². The lowest BCUT2D eigenvalue weighted by Crippen LogP contribution is -2.35. The van der Waals surface area contributed by atoms with Crippen molar-refractivity contribution in [3.8, 4) is 0 Å². The third kappa shape index (κ3) is 1.37. The van der Waals surface area contributed by atoms with Gasteiger partial charge in [-0.3, -0.25) is 0 Å². The number of nitrogens with one attached hydrogen (secondary N) is 1. The van der Waals surface area contributed by atoms with Crippen LogP contribution >= 0.6 is 0 Å². The third-order valence-electron chi connectivity index (χ3n) is 5.50. The Morgan fingerprint density at radius 3 is 2.61 bits per heavy atom. The summed E-state index contributed by atoms with van der Waals surface area (Å²) in [6, 6.07) is 0. The molecule has 0 radical (unpaired) electrons. The molecule has 1 aromatic heterocycles. The minimum absolute atomic E-state index is 0.193. The monoisotopic (exact) mass is 247 g/mol. The molecule has 2 aliphatic carbocycles. The summed E-state index contributed by atoms with van der Waals surface area (Å²) in [7, 11) is 0. The second kappa shape index (κ2) is 3.19. The van der Waals surface area contributed by atoms with Crippen molar-refractivity contribution >= 4 is 0 Å². The first-order chi connectivity index (χ1) is 8.15. The molecule has 0 aromatic carbocycles. The lowest BCUT2D eigenvalue weighted by molar-refractivity contribution is 0.225. The molecule has 0 aliphatic heterocycles. The summed E-state index contributed by atoms with van der Waals surface area (Å²) in [4.78, 5) is 8.46.